The van der Waals surface area contributed by atoms with Crippen LogP contribution in [-0.2, 0) is 4.74 Å². The van der Waals surface area contributed by atoms with Gasteiger partial charge >= 0.3 is 12.2 Å². The molecule has 0 bridgehead atoms. The Hall–Kier alpha value is -1.50. The number of nitrogens with one attached hydrogen (secondary N) is 1. The van der Waals surface area contributed by atoms with Gasteiger partial charge in [0, 0.05) is 45.1 Å². The van der Waals surface area contributed by atoms with Crippen molar-refractivity contribution >= 4 is 12.2 Å². The van der Waals surface area contributed by atoms with E-state index in [0.29, 0.717) is 25.0 Å². The minimum atomic E-state index is -0.780. The highest BCUT2D eigenvalue weighted by atomic mass is 16.6. The number of carbonyl (C=O) groups is 2. The molecule has 4 fully saturated rings. The van der Waals surface area contributed by atoms with Gasteiger partial charge in [-0.05, 0) is 38.0 Å². The Labute approximate surface area is 155 Å². The monoisotopic (exact) mass is 365 g/mol. The normalized spacial score (nSPS) is 38.3. The van der Waals surface area contributed by atoms with E-state index in [1.165, 1.54) is 0 Å². The van der Waals surface area contributed by atoms with E-state index in [1.54, 1.807) is 4.90 Å². The van der Waals surface area contributed by atoms with Crippen LogP contribution in [0.15, 0.2) is 0 Å². The Kier molecular flexibility index (Phi) is 3.95. The van der Waals surface area contributed by atoms with Crippen LogP contribution in [-0.4, -0.2) is 70.5 Å². The van der Waals surface area contributed by atoms with Crippen molar-refractivity contribution in [1.82, 2.24) is 15.1 Å². The molecule has 26 heavy (non-hydrogen) atoms. The first-order valence-corrected chi connectivity index (χ1v) is 9.95. The van der Waals surface area contributed by atoms with E-state index in [-0.39, 0.29) is 17.0 Å². The van der Waals surface area contributed by atoms with Crippen molar-refractivity contribution in [2.75, 3.05) is 26.2 Å². The summed E-state index contributed by atoms with van der Waals surface area (Å²) in [6.45, 7) is 9.61. The van der Waals surface area contributed by atoms with E-state index in [2.05, 4.69) is 31.0 Å². The molecule has 1 saturated carbocycles. The zero-order valence-electron chi connectivity index (χ0n) is 16.1. The number of nitrogens with zero attached hydrogens (tertiary/aromatic N) is 2. The van der Waals surface area contributed by atoms with Crippen LogP contribution >= 0.6 is 0 Å². The third kappa shape index (κ3) is 2.42. The van der Waals surface area contributed by atoms with Crippen LogP contribution in [0.5, 0.6) is 0 Å². The SMILES string of the molecule is CCC1C(N2CCC3(CC2)OC(=O)NC3(C)C)CC12CCN(C(=O)O)C2. The Balaban J connectivity index is 1.40. The molecule has 3 atom stereocenters. The van der Waals surface area contributed by atoms with Gasteiger partial charge in [0.2, 0.25) is 0 Å². The molecule has 0 aromatic heterocycles. The molecule has 0 radical (unpaired) electrons. The maximum absolute atomic E-state index is 11.8. The molecule has 3 unspecified atom stereocenters. The first-order valence-electron chi connectivity index (χ1n) is 9.95. The highest BCUT2D eigenvalue weighted by Gasteiger charge is 2.60. The number of ether oxygens (including phenoxy) is 1. The van der Waals surface area contributed by atoms with Crippen molar-refractivity contribution in [3.05, 3.63) is 0 Å². The van der Waals surface area contributed by atoms with Crippen LogP contribution in [0.3, 0.4) is 0 Å². The topological polar surface area (TPSA) is 82.1 Å². The molecule has 0 aromatic carbocycles. The minimum Gasteiger partial charge on any atom is -0.465 e. The first kappa shape index (κ1) is 17.9. The molecule has 3 saturated heterocycles. The second-order valence-electron chi connectivity index (χ2n) is 9.27. The van der Waals surface area contributed by atoms with E-state index in [4.69, 9.17) is 4.74 Å². The zero-order valence-corrected chi connectivity index (χ0v) is 16.1. The van der Waals surface area contributed by atoms with Gasteiger partial charge in [-0.15, -0.1) is 0 Å². The van der Waals surface area contributed by atoms with Crippen molar-refractivity contribution in [3.8, 4) is 0 Å². The van der Waals surface area contributed by atoms with Gasteiger partial charge in [0.05, 0.1) is 5.54 Å². The Morgan fingerprint density at radius 2 is 1.96 bits per heavy atom. The number of carbonyl (C=O) groups excluding carboxylic acids is 1. The van der Waals surface area contributed by atoms with Crippen LogP contribution in [0, 0.1) is 11.3 Å². The number of rotatable bonds is 2. The standard InChI is InChI=1S/C19H31N3O4/c1-4-13-14(11-18(13)5-8-22(12-18)16(24)25)21-9-6-19(7-10-21)17(2,3)20-15(23)26-19/h13-14H,4-12H2,1-3H3,(H,20,23)(H,24,25). The quantitative estimate of drug-likeness (QED) is 0.786. The molecule has 3 aliphatic heterocycles. The Morgan fingerprint density at radius 3 is 2.46 bits per heavy atom. The number of alkyl carbamates (subject to hydrolysis) is 1. The molecule has 3 heterocycles. The van der Waals surface area contributed by atoms with Crippen molar-refractivity contribution in [1.29, 1.82) is 0 Å². The van der Waals surface area contributed by atoms with Crippen LogP contribution < -0.4 is 5.32 Å². The van der Waals surface area contributed by atoms with Crippen molar-refractivity contribution in [2.24, 2.45) is 11.3 Å². The fraction of sp³-hybridized carbons (Fsp3) is 0.895. The Bertz CT molecular complexity index is 614. The summed E-state index contributed by atoms with van der Waals surface area (Å²) < 4.78 is 5.72. The fourth-order valence-corrected chi connectivity index (χ4v) is 6.22. The molecule has 7 heteroatoms. The zero-order chi connectivity index (χ0) is 18.7. The lowest BCUT2D eigenvalue weighted by molar-refractivity contribution is -0.109. The van der Waals surface area contributed by atoms with Crippen LogP contribution in [0.2, 0.25) is 0 Å². The van der Waals surface area contributed by atoms with Gasteiger partial charge in [-0.2, -0.15) is 0 Å². The van der Waals surface area contributed by atoms with Gasteiger partial charge in [-0.1, -0.05) is 13.3 Å². The maximum atomic E-state index is 11.8. The molecule has 2 amide bonds. The number of carboxylic acid groups (broad SMARTS) is 1. The van der Waals surface area contributed by atoms with E-state index < -0.39 is 11.7 Å². The maximum Gasteiger partial charge on any atom is 0.408 e. The van der Waals surface area contributed by atoms with Gasteiger partial charge in [-0.3, -0.25) is 4.90 Å². The Morgan fingerprint density at radius 1 is 1.27 bits per heavy atom. The lowest BCUT2D eigenvalue weighted by Gasteiger charge is -2.59. The average Bonchev–Trinajstić information content (AvgIpc) is 3.08. The lowest BCUT2D eigenvalue weighted by Crippen LogP contribution is -2.64. The highest BCUT2D eigenvalue weighted by Crippen LogP contribution is 2.57. The van der Waals surface area contributed by atoms with Gasteiger partial charge in [0.15, 0.2) is 0 Å². The van der Waals surface area contributed by atoms with Crippen LogP contribution in [0.1, 0.15) is 52.9 Å². The summed E-state index contributed by atoms with van der Waals surface area (Å²) in [4.78, 5) is 27.2. The summed E-state index contributed by atoms with van der Waals surface area (Å²) in [5.74, 6) is 0.568. The molecule has 4 rings (SSSR count). The summed E-state index contributed by atoms with van der Waals surface area (Å²) in [5.41, 5.74) is -0.528. The van der Waals surface area contributed by atoms with E-state index in [9.17, 15) is 14.7 Å². The molecule has 2 spiro atoms. The van der Waals surface area contributed by atoms with Crippen LogP contribution in [0.25, 0.3) is 0 Å². The number of hydrogen-bond acceptors (Lipinski definition) is 4. The third-order valence-corrected chi connectivity index (χ3v) is 7.88. The predicted molar refractivity (Wildman–Crippen MR) is 96.1 cm³/mol. The van der Waals surface area contributed by atoms with E-state index in [0.717, 1.165) is 45.2 Å². The first-order chi connectivity index (χ1) is 12.2. The highest BCUT2D eigenvalue weighted by molar-refractivity contribution is 5.72. The van der Waals surface area contributed by atoms with Gasteiger partial charge in [-0.25, -0.2) is 9.59 Å². The van der Waals surface area contributed by atoms with Crippen molar-refractivity contribution in [3.63, 3.8) is 0 Å². The molecule has 1 aliphatic carbocycles. The number of hydrogen-bond donors (Lipinski definition) is 2. The molecule has 7 nitrogen and oxygen atoms in total. The van der Waals surface area contributed by atoms with Gasteiger partial charge < -0.3 is 20.1 Å². The summed E-state index contributed by atoms with van der Waals surface area (Å²) in [6, 6.07) is 0.541. The second kappa shape index (κ2) is 5.75. The second-order valence-corrected chi connectivity index (χ2v) is 9.27. The molecule has 146 valence electrons. The van der Waals surface area contributed by atoms with E-state index >= 15 is 0 Å². The fourth-order valence-electron chi connectivity index (χ4n) is 6.22. The van der Waals surface area contributed by atoms with E-state index in [1.807, 2.05) is 0 Å². The lowest BCUT2D eigenvalue weighted by atomic mass is 9.54. The van der Waals surface area contributed by atoms with Crippen molar-refractivity contribution < 1.29 is 19.4 Å². The number of piperidine rings is 1. The summed E-state index contributed by atoms with van der Waals surface area (Å²) in [5, 5.41) is 12.3. The molecular formula is C19H31N3O4. The molecular weight excluding hydrogens is 334 g/mol. The number of amides is 2. The minimum absolute atomic E-state index is 0.188. The summed E-state index contributed by atoms with van der Waals surface area (Å²) in [6.07, 6.45) is 3.85. The van der Waals surface area contributed by atoms with Crippen molar-refractivity contribution in [2.45, 2.75) is 70.1 Å². The summed E-state index contributed by atoms with van der Waals surface area (Å²) >= 11 is 0. The third-order valence-electron chi connectivity index (χ3n) is 7.88. The summed E-state index contributed by atoms with van der Waals surface area (Å²) in [7, 11) is 0. The molecule has 2 N–H and O–H groups in total. The van der Waals surface area contributed by atoms with Gasteiger partial charge in [0.1, 0.15) is 5.60 Å². The molecule has 0 aromatic rings. The largest absolute Gasteiger partial charge is 0.465 e. The smallest absolute Gasteiger partial charge is 0.408 e. The number of likely N-dealkylation sites (tertiary alicyclic amines) is 2. The predicted octanol–water partition coefficient (Wildman–Crippen LogP) is 2.51. The molecule has 4 aliphatic rings. The van der Waals surface area contributed by atoms with Gasteiger partial charge in [0.25, 0.3) is 0 Å². The average molecular weight is 365 g/mol. The van der Waals surface area contributed by atoms with Crippen LogP contribution in [0.4, 0.5) is 9.59 Å².